The Balaban J connectivity index is 1.99. The van der Waals surface area contributed by atoms with Gasteiger partial charge in [0.25, 0.3) is 5.91 Å². The molecule has 0 saturated carbocycles. The number of rotatable bonds is 2. The molecule has 0 aromatic heterocycles. The molecule has 2 aliphatic carbocycles. The quantitative estimate of drug-likeness (QED) is 0.587. The van der Waals surface area contributed by atoms with Crippen LogP contribution in [0.15, 0.2) is 34.9 Å². The summed E-state index contributed by atoms with van der Waals surface area (Å²) in [5, 5.41) is 3.53. The van der Waals surface area contributed by atoms with Crippen LogP contribution in [0.25, 0.3) is 0 Å². The number of thioether (sulfide) groups is 1. The highest BCUT2D eigenvalue weighted by molar-refractivity contribution is 8.04. The number of carbonyl (C=O) groups is 3. The summed E-state index contributed by atoms with van der Waals surface area (Å²) in [6.45, 7) is 3.66. The third-order valence-electron chi connectivity index (χ3n) is 4.36. The number of nitrogens with two attached hydrogens (primary N) is 1. The number of hydrogen-bond donors (Lipinski definition) is 2. The Kier molecular flexibility index (Phi) is 3.51. The van der Waals surface area contributed by atoms with Crippen LogP contribution in [-0.4, -0.2) is 28.8 Å². The first kappa shape index (κ1) is 15.1. The largest absolute Gasteiger partial charge is 0.380 e. The fraction of sp³-hybridized carbons (Fsp3) is 0.438. The molecule has 3 rings (SSSR count). The van der Waals surface area contributed by atoms with Gasteiger partial charge in [-0.2, -0.15) is 0 Å². The Bertz CT molecular complexity index is 660. The van der Waals surface area contributed by atoms with Gasteiger partial charge in [0.2, 0.25) is 5.78 Å². The maximum Gasteiger partial charge on any atom is 0.285 e. The molecule has 1 heterocycles. The fourth-order valence-corrected chi connectivity index (χ4v) is 4.56. The zero-order valence-electron chi connectivity index (χ0n) is 12.5. The zero-order valence-corrected chi connectivity index (χ0v) is 13.3. The zero-order chi connectivity index (χ0) is 16.1. The molecule has 3 aliphatic rings. The summed E-state index contributed by atoms with van der Waals surface area (Å²) in [6.07, 6.45) is 8.58. The Hall–Kier alpha value is -1.82. The van der Waals surface area contributed by atoms with Gasteiger partial charge in [-0.1, -0.05) is 38.2 Å². The van der Waals surface area contributed by atoms with Gasteiger partial charge < -0.3 is 11.1 Å². The first-order valence-corrected chi connectivity index (χ1v) is 8.08. The van der Waals surface area contributed by atoms with Crippen LogP contribution < -0.4 is 11.1 Å². The standard InChI is InChI=1S/C16H18N2O3S/c1-16(2)7-9-14(12(19)11(16)13(20)15(17)21)22-10-6-4-3-5-8(10)18-9/h3-6,8,10-11,18H,7H2,1-2H3,(H2,17,21). The molecule has 0 fully saturated rings. The lowest BCUT2D eigenvalue weighted by Gasteiger charge is -2.43. The number of primary amides is 1. The number of Topliss-reactive ketones (excluding diaryl/α,β-unsaturated/α-hetero) is 2. The van der Waals surface area contributed by atoms with E-state index in [-0.39, 0.29) is 17.1 Å². The van der Waals surface area contributed by atoms with Gasteiger partial charge in [-0.05, 0) is 11.8 Å². The van der Waals surface area contributed by atoms with Crippen molar-refractivity contribution in [3.8, 4) is 0 Å². The summed E-state index contributed by atoms with van der Waals surface area (Å²) in [5.41, 5.74) is 5.37. The molecule has 3 atom stereocenters. The molecule has 0 saturated heterocycles. The van der Waals surface area contributed by atoms with Gasteiger partial charge in [0.05, 0.1) is 22.1 Å². The molecule has 116 valence electrons. The van der Waals surface area contributed by atoms with Crippen molar-refractivity contribution in [2.45, 2.75) is 31.6 Å². The van der Waals surface area contributed by atoms with Crippen molar-refractivity contribution in [3.05, 3.63) is 34.9 Å². The van der Waals surface area contributed by atoms with E-state index in [2.05, 4.69) is 11.4 Å². The second-order valence-electron chi connectivity index (χ2n) is 6.52. The van der Waals surface area contributed by atoms with Gasteiger partial charge in [-0.3, -0.25) is 14.4 Å². The van der Waals surface area contributed by atoms with Crippen molar-refractivity contribution in [1.29, 1.82) is 0 Å². The lowest BCUT2D eigenvalue weighted by atomic mass is 9.67. The minimum atomic E-state index is -1.04. The van der Waals surface area contributed by atoms with E-state index < -0.39 is 23.0 Å². The van der Waals surface area contributed by atoms with Crippen LogP contribution in [0.5, 0.6) is 0 Å². The van der Waals surface area contributed by atoms with Crippen LogP contribution in [0.2, 0.25) is 0 Å². The smallest absolute Gasteiger partial charge is 0.285 e. The van der Waals surface area contributed by atoms with Gasteiger partial charge >= 0.3 is 0 Å². The summed E-state index contributed by atoms with van der Waals surface area (Å²) in [4.78, 5) is 36.8. The van der Waals surface area contributed by atoms with E-state index in [1.54, 1.807) is 0 Å². The van der Waals surface area contributed by atoms with Gasteiger partial charge in [-0.15, -0.1) is 11.8 Å². The molecule has 22 heavy (non-hydrogen) atoms. The summed E-state index contributed by atoms with van der Waals surface area (Å²) in [5.74, 6) is -3.10. The van der Waals surface area contributed by atoms with Crippen molar-refractivity contribution in [2.24, 2.45) is 17.1 Å². The number of allylic oxidation sites excluding steroid dienone is 4. The number of ketones is 2. The summed E-state index contributed by atoms with van der Waals surface area (Å²) in [7, 11) is 0. The fourth-order valence-electron chi connectivity index (χ4n) is 3.30. The highest BCUT2D eigenvalue weighted by Gasteiger charge is 2.50. The van der Waals surface area contributed by atoms with Crippen LogP contribution in [0.4, 0.5) is 0 Å². The molecule has 0 spiro atoms. The van der Waals surface area contributed by atoms with Crippen molar-refractivity contribution < 1.29 is 14.4 Å². The topological polar surface area (TPSA) is 89.3 Å². The van der Waals surface area contributed by atoms with Crippen molar-refractivity contribution in [1.82, 2.24) is 5.32 Å². The van der Waals surface area contributed by atoms with E-state index in [4.69, 9.17) is 5.73 Å². The summed E-state index contributed by atoms with van der Waals surface area (Å²) in [6, 6.07) is 0.153. The summed E-state index contributed by atoms with van der Waals surface area (Å²) < 4.78 is 0. The number of nitrogens with one attached hydrogen (secondary N) is 1. The van der Waals surface area contributed by atoms with Crippen molar-refractivity contribution in [2.75, 3.05) is 0 Å². The minimum absolute atomic E-state index is 0.123. The average Bonchev–Trinajstić information content (AvgIpc) is 2.44. The van der Waals surface area contributed by atoms with Gasteiger partial charge in [-0.25, -0.2) is 0 Å². The first-order valence-electron chi connectivity index (χ1n) is 7.20. The highest BCUT2D eigenvalue weighted by atomic mass is 32.2. The van der Waals surface area contributed by atoms with E-state index >= 15 is 0 Å². The lowest BCUT2D eigenvalue weighted by Crippen LogP contribution is -2.51. The second-order valence-corrected chi connectivity index (χ2v) is 7.71. The normalized spacial score (nSPS) is 32.1. The summed E-state index contributed by atoms with van der Waals surface area (Å²) >= 11 is 1.47. The van der Waals surface area contributed by atoms with Crippen molar-refractivity contribution >= 4 is 29.2 Å². The molecule has 3 unspecified atom stereocenters. The van der Waals surface area contributed by atoms with Crippen LogP contribution in [0.1, 0.15) is 20.3 Å². The molecule has 1 amide bonds. The maximum atomic E-state index is 12.8. The Morgan fingerprint density at radius 3 is 2.68 bits per heavy atom. The van der Waals surface area contributed by atoms with Crippen LogP contribution >= 0.6 is 11.8 Å². The predicted octanol–water partition coefficient (Wildman–Crippen LogP) is 1.07. The Labute approximate surface area is 133 Å². The van der Waals surface area contributed by atoms with E-state index in [9.17, 15) is 14.4 Å². The third kappa shape index (κ3) is 2.31. The molecular weight excluding hydrogens is 300 g/mol. The Morgan fingerprint density at radius 1 is 1.32 bits per heavy atom. The first-order chi connectivity index (χ1) is 10.3. The lowest BCUT2D eigenvalue weighted by molar-refractivity contribution is -0.145. The predicted molar refractivity (Wildman–Crippen MR) is 84.7 cm³/mol. The highest BCUT2D eigenvalue weighted by Crippen LogP contribution is 2.47. The van der Waals surface area contributed by atoms with Crippen LogP contribution in [0, 0.1) is 11.3 Å². The van der Waals surface area contributed by atoms with Crippen molar-refractivity contribution in [3.63, 3.8) is 0 Å². The second kappa shape index (κ2) is 5.12. The molecule has 3 N–H and O–H groups in total. The average molecular weight is 318 g/mol. The monoisotopic (exact) mass is 318 g/mol. The van der Waals surface area contributed by atoms with Crippen LogP contribution in [-0.2, 0) is 14.4 Å². The van der Waals surface area contributed by atoms with E-state index in [1.165, 1.54) is 11.8 Å². The molecule has 0 aromatic carbocycles. The van der Waals surface area contributed by atoms with Gasteiger partial charge in [0.15, 0.2) is 5.78 Å². The molecule has 6 heteroatoms. The minimum Gasteiger partial charge on any atom is -0.380 e. The van der Waals surface area contributed by atoms with E-state index in [1.807, 2.05) is 32.1 Å². The molecule has 0 bridgehead atoms. The van der Waals surface area contributed by atoms with Gasteiger partial charge in [0, 0.05) is 5.70 Å². The van der Waals surface area contributed by atoms with Gasteiger partial charge in [0.1, 0.15) is 0 Å². The number of hydrogen-bond acceptors (Lipinski definition) is 5. The molecule has 1 aliphatic heterocycles. The molecular formula is C16H18N2O3S. The number of carbonyl (C=O) groups excluding carboxylic acids is 3. The Morgan fingerprint density at radius 2 is 2.00 bits per heavy atom. The molecule has 0 radical (unpaired) electrons. The molecule has 5 nitrogen and oxygen atoms in total. The maximum absolute atomic E-state index is 12.8. The SMILES string of the molecule is CC1(C)CC2=C(SC3C=CC=CC3N2)C(=O)C1C(=O)C(N)=O. The number of amides is 1. The van der Waals surface area contributed by atoms with E-state index in [0.29, 0.717) is 11.3 Å². The third-order valence-corrected chi connectivity index (χ3v) is 5.76. The number of fused-ring (bicyclic) bond motifs is 1. The van der Waals surface area contributed by atoms with E-state index in [0.717, 1.165) is 5.70 Å². The van der Waals surface area contributed by atoms with Crippen LogP contribution in [0.3, 0.4) is 0 Å². The molecule has 0 aromatic rings.